The van der Waals surface area contributed by atoms with Crippen molar-refractivity contribution in [3.8, 4) is 0 Å². The molecule has 0 saturated carbocycles. The number of pyridine rings is 1. The molecular weight excluding hydrogens is 274 g/mol. The highest BCUT2D eigenvalue weighted by atomic mass is 16.1. The van der Waals surface area contributed by atoms with Gasteiger partial charge in [0.2, 0.25) is 0 Å². The maximum absolute atomic E-state index is 10.3. The summed E-state index contributed by atoms with van der Waals surface area (Å²) in [6, 6.07) is 4.32. The van der Waals surface area contributed by atoms with Gasteiger partial charge < -0.3 is 9.59 Å². The predicted octanol–water partition coefficient (Wildman–Crippen LogP) is 3.82. The Bertz CT molecular complexity index is 418. The Morgan fingerprint density at radius 1 is 0.818 bits per heavy atom. The summed E-state index contributed by atoms with van der Waals surface area (Å²) < 4.78 is 2.28. The lowest BCUT2D eigenvalue weighted by Gasteiger charge is -2.02. The molecule has 22 heavy (non-hydrogen) atoms. The Morgan fingerprint density at radius 2 is 1.45 bits per heavy atom. The van der Waals surface area contributed by atoms with Crippen LogP contribution in [-0.2, 0) is 22.6 Å². The van der Waals surface area contributed by atoms with E-state index in [0.29, 0.717) is 12.8 Å². The first-order valence-electron chi connectivity index (χ1n) is 8.72. The summed E-state index contributed by atoms with van der Waals surface area (Å²) >= 11 is 0. The van der Waals surface area contributed by atoms with Crippen LogP contribution in [0.4, 0.5) is 0 Å². The van der Waals surface area contributed by atoms with Crippen molar-refractivity contribution in [1.82, 2.24) is 0 Å². The van der Waals surface area contributed by atoms with Crippen molar-refractivity contribution in [3.63, 3.8) is 0 Å². The normalized spacial score (nSPS) is 10.5. The second kappa shape index (κ2) is 13.2. The second-order valence-corrected chi connectivity index (χ2v) is 5.94. The number of carbonyl (C=O) groups is 2. The molecule has 0 aliphatic heterocycles. The van der Waals surface area contributed by atoms with Crippen molar-refractivity contribution >= 4 is 12.6 Å². The van der Waals surface area contributed by atoms with Gasteiger partial charge in [0.25, 0.3) is 0 Å². The number of aldehydes is 2. The van der Waals surface area contributed by atoms with Crippen molar-refractivity contribution in [2.75, 3.05) is 0 Å². The number of aryl methyl sites for hydroxylation is 2. The molecular formula is C19H30NO2+. The molecule has 0 aromatic carbocycles. The highest BCUT2D eigenvalue weighted by Gasteiger charge is 2.03. The van der Waals surface area contributed by atoms with Crippen molar-refractivity contribution in [3.05, 3.63) is 30.1 Å². The average Bonchev–Trinajstić information content (AvgIpc) is 2.54. The van der Waals surface area contributed by atoms with Crippen LogP contribution in [0.2, 0.25) is 0 Å². The van der Waals surface area contributed by atoms with Gasteiger partial charge in [-0.25, -0.2) is 4.57 Å². The van der Waals surface area contributed by atoms with E-state index in [9.17, 15) is 9.59 Å². The number of rotatable bonds is 14. The second-order valence-electron chi connectivity index (χ2n) is 5.94. The first-order valence-corrected chi connectivity index (χ1v) is 8.72. The van der Waals surface area contributed by atoms with Crippen molar-refractivity contribution in [2.24, 2.45) is 0 Å². The molecule has 0 unspecified atom stereocenters. The molecule has 1 rings (SSSR count). The molecule has 0 spiro atoms. The zero-order chi connectivity index (χ0) is 15.9. The van der Waals surface area contributed by atoms with Gasteiger partial charge in [0.05, 0.1) is 0 Å². The van der Waals surface area contributed by atoms with Crippen molar-refractivity contribution in [1.29, 1.82) is 0 Å². The zero-order valence-electron chi connectivity index (χ0n) is 13.7. The summed E-state index contributed by atoms with van der Waals surface area (Å²) in [5, 5.41) is 0. The molecule has 3 heteroatoms. The Balaban J connectivity index is 2.14. The van der Waals surface area contributed by atoms with E-state index in [0.717, 1.165) is 51.2 Å². The third-order valence-corrected chi connectivity index (χ3v) is 3.95. The molecule has 0 radical (unpaired) electrons. The number of hydrogen-bond donors (Lipinski definition) is 0. The minimum absolute atomic E-state index is 0.696. The van der Waals surface area contributed by atoms with Gasteiger partial charge in [0.15, 0.2) is 12.4 Å². The van der Waals surface area contributed by atoms with E-state index >= 15 is 0 Å². The molecule has 0 bridgehead atoms. The lowest BCUT2D eigenvalue weighted by Crippen LogP contribution is -2.33. The fourth-order valence-corrected chi connectivity index (χ4v) is 2.65. The number of unbranched alkanes of at least 4 members (excludes halogenated alkanes) is 8. The summed E-state index contributed by atoms with van der Waals surface area (Å²) in [5.41, 5.74) is 1.39. The van der Waals surface area contributed by atoms with E-state index in [1.165, 1.54) is 31.2 Å². The van der Waals surface area contributed by atoms with E-state index in [4.69, 9.17) is 0 Å². The Labute approximate surface area is 134 Å². The molecule has 1 aromatic rings. The maximum atomic E-state index is 10.3. The molecule has 1 aromatic heterocycles. The van der Waals surface area contributed by atoms with Crippen LogP contribution < -0.4 is 4.57 Å². The molecule has 0 aliphatic rings. The van der Waals surface area contributed by atoms with Gasteiger partial charge in [-0.2, -0.15) is 0 Å². The third kappa shape index (κ3) is 9.43. The van der Waals surface area contributed by atoms with Crippen LogP contribution in [0.25, 0.3) is 0 Å². The molecule has 122 valence electrons. The first kappa shape index (κ1) is 18.5. The minimum atomic E-state index is 0.696. The molecule has 0 amide bonds. The fourth-order valence-electron chi connectivity index (χ4n) is 2.65. The van der Waals surface area contributed by atoms with E-state index in [1.807, 2.05) is 0 Å². The quantitative estimate of drug-likeness (QED) is 0.298. The topological polar surface area (TPSA) is 38.0 Å². The molecule has 1 heterocycles. The van der Waals surface area contributed by atoms with Gasteiger partial charge in [-0.1, -0.05) is 19.3 Å². The minimum Gasteiger partial charge on any atom is -0.303 e. The van der Waals surface area contributed by atoms with E-state index in [2.05, 4.69) is 29.1 Å². The summed E-state index contributed by atoms with van der Waals surface area (Å²) in [6.45, 7) is 1.08. The van der Waals surface area contributed by atoms with Crippen LogP contribution in [0, 0.1) is 0 Å². The zero-order valence-corrected chi connectivity index (χ0v) is 13.7. The average molecular weight is 304 g/mol. The van der Waals surface area contributed by atoms with E-state index in [-0.39, 0.29) is 0 Å². The number of aromatic nitrogens is 1. The van der Waals surface area contributed by atoms with Crippen LogP contribution in [0.1, 0.15) is 69.8 Å². The summed E-state index contributed by atoms with van der Waals surface area (Å²) in [7, 11) is 0. The lowest BCUT2D eigenvalue weighted by atomic mass is 10.1. The summed E-state index contributed by atoms with van der Waals surface area (Å²) in [4.78, 5) is 20.5. The van der Waals surface area contributed by atoms with Gasteiger partial charge in [-0.15, -0.1) is 0 Å². The van der Waals surface area contributed by atoms with Crippen LogP contribution in [0.3, 0.4) is 0 Å². The van der Waals surface area contributed by atoms with E-state index < -0.39 is 0 Å². The van der Waals surface area contributed by atoms with Gasteiger partial charge >= 0.3 is 0 Å². The monoisotopic (exact) mass is 304 g/mol. The molecule has 0 aliphatic carbocycles. The first-order chi connectivity index (χ1) is 10.9. The summed E-state index contributed by atoms with van der Waals surface area (Å²) in [6.07, 6.45) is 18.1. The predicted molar refractivity (Wildman–Crippen MR) is 88.6 cm³/mol. The van der Waals surface area contributed by atoms with Crippen LogP contribution >= 0.6 is 0 Å². The van der Waals surface area contributed by atoms with Crippen LogP contribution in [-0.4, -0.2) is 12.6 Å². The number of carbonyl (C=O) groups excluding carboxylic acids is 2. The van der Waals surface area contributed by atoms with Crippen LogP contribution in [0.5, 0.6) is 0 Å². The highest BCUT2D eigenvalue weighted by Crippen LogP contribution is 2.07. The third-order valence-electron chi connectivity index (χ3n) is 3.95. The number of nitrogens with zero attached hydrogens (tertiary/aromatic N) is 1. The Kier molecular flexibility index (Phi) is 11.1. The molecule has 3 nitrogen and oxygen atoms in total. The largest absolute Gasteiger partial charge is 0.303 e. The Hall–Kier alpha value is -1.51. The fraction of sp³-hybridized carbons (Fsp3) is 0.632. The standard InChI is InChI=1S/C19H30NO2/c21-16-9-5-2-1-4-8-14-20-15-11-13-19(18-20)12-7-3-6-10-17-22/h11,13,15-18H,1-10,12,14H2/q+1. The van der Waals surface area contributed by atoms with Crippen LogP contribution in [0.15, 0.2) is 24.5 Å². The lowest BCUT2D eigenvalue weighted by molar-refractivity contribution is -0.697. The van der Waals surface area contributed by atoms with Gasteiger partial charge in [0.1, 0.15) is 19.1 Å². The molecule has 0 fully saturated rings. The summed E-state index contributed by atoms with van der Waals surface area (Å²) in [5.74, 6) is 0. The molecule has 0 atom stereocenters. The molecule has 0 N–H and O–H groups in total. The van der Waals surface area contributed by atoms with Gasteiger partial charge in [0, 0.05) is 30.9 Å². The van der Waals surface area contributed by atoms with Crippen molar-refractivity contribution in [2.45, 2.75) is 77.2 Å². The highest BCUT2D eigenvalue weighted by molar-refractivity contribution is 5.49. The van der Waals surface area contributed by atoms with Crippen molar-refractivity contribution < 1.29 is 14.2 Å². The molecule has 0 saturated heterocycles. The smallest absolute Gasteiger partial charge is 0.171 e. The maximum Gasteiger partial charge on any atom is 0.171 e. The number of hydrogen-bond acceptors (Lipinski definition) is 2. The van der Waals surface area contributed by atoms with E-state index in [1.54, 1.807) is 0 Å². The van der Waals surface area contributed by atoms with Gasteiger partial charge in [-0.05, 0) is 38.2 Å². The SMILES string of the molecule is O=CCCCCCCC[n+]1cccc(CCCCCC=O)c1. The van der Waals surface area contributed by atoms with Gasteiger partial charge in [-0.3, -0.25) is 0 Å². The Morgan fingerprint density at radius 3 is 2.18 bits per heavy atom.